The van der Waals surface area contributed by atoms with Gasteiger partial charge in [0.05, 0.1) is 19.0 Å². The Balaban J connectivity index is 2.52. The second-order valence-electron chi connectivity index (χ2n) is 4.37. The molecular weight excluding hydrogens is 274 g/mol. The zero-order chi connectivity index (χ0) is 14.8. The lowest BCUT2D eigenvalue weighted by atomic mass is 10.2. The number of amides is 1. The number of rotatable bonds is 9. The van der Waals surface area contributed by atoms with Gasteiger partial charge in [0.2, 0.25) is 5.91 Å². The first-order valence-electron chi connectivity index (χ1n) is 6.95. The number of carbonyl (C=O) groups excluding carboxylic acids is 1. The largest absolute Gasteiger partial charge is 0.494 e. The van der Waals surface area contributed by atoms with E-state index in [9.17, 15) is 9.90 Å². The fraction of sp³-hybridized carbons (Fsp3) is 0.533. The highest BCUT2D eigenvalue weighted by molar-refractivity contribution is 7.99. The van der Waals surface area contributed by atoms with Crippen molar-refractivity contribution in [1.29, 1.82) is 0 Å². The Labute approximate surface area is 124 Å². The van der Waals surface area contributed by atoms with Gasteiger partial charge >= 0.3 is 0 Å². The first-order valence-corrected chi connectivity index (χ1v) is 8.10. The molecule has 0 radical (unpaired) electrons. The van der Waals surface area contributed by atoms with E-state index in [4.69, 9.17) is 4.74 Å². The number of benzene rings is 1. The van der Waals surface area contributed by atoms with E-state index in [2.05, 4.69) is 12.2 Å². The van der Waals surface area contributed by atoms with Crippen LogP contribution in [0.3, 0.4) is 0 Å². The molecule has 2 N–H and O–H groups in total. The topological polar surface area (TPSA) is 58.6 Å². The van der Waals surface area contributed by atoms with Gasteiger partial charge in [0, 0.05) is 11.3 Å². The van der Waals surface area contributed by atoms with Crippen LogP contribution in [0.4, 0.5) is 5.69 Å². The summed E-state index contributed by atoms with van der Waals surface area (Å²) in [4.78, 5) is 11.8. The van der Waals surface area contributed by atoms with Crippen molar-refractivity contribution in [2.75, 3.05) is 23.4 Å². The molecule has 0 saturated heterocycles. The minimum Gasteiger partial charge on any atom is -0.494 e. The minimum atomic E-state index is -0.107. The summed E-state index contributed by atoms with van der Waals surface area (Å²) < 4.78 is 5.40. The van der Waals surface area contributed by atoms with Crippen molar-refractivity contribution >= 4 is 23.4 Å². The summed E-state index contributed by atoms with van der Waals surface area (Å²) >= 11 is 1.64. The molecule has 112 valence electrons. The molecule has 0 spiro atoms. The van der Waals surface area contributed by atoms with Crippen LogP contribution in [-0.4, -0.2) is 29.1 Å². The van der Waals surface area contributed by atoms with E-state index < -0.39 is 0 Å². The molecule has 5 heteroatoms. The van der Waals surface area contributed by atoms with Gasteiger partial charge in [0.15, 0.2) is 0 Å². The fourth-order valence-corrected chi connectivity index (χ4v) is 2.58. The monoisotopic (exact) mass is 297 g/mol. The van der Waals surface area contributed by atoms with Gasteiger partial charge in [-0.1, -0.05) is 13.3 Å². The highest BCUT2D eigenvalue weighted by Gasteiger charge is 2.07. The first kappa shape index (κ1) is 16.9. The van der Waals surface area contributed by atoms with E-state index in [-0.39, 0.29) is 12.5 Å². The van der Waals surface area contributed by atoms with Crippen LogP contribution in [0.2, 0.25) is 0 Å². The standard InChI is InChI=1S/C15H23NO3S/c1-3-5-8-20-11-15(18)16-13-6-7-14(19-4-2)12(9-13)10-17/h6-7,9,17H,3-5,8,10-11H2,1-2H3,(H,16,18). The Morgan fingerprint density at radius 1 is 1.40 bits per heavy atom. The molecule has 0 aliphatic carbocycles. The maximum atomic E-state index is 11.8. The molecule has 0 aliphatic rings. The molecule has 1 aromatic carbocycles. The third-order valence-electron chi connectivity index (χ3n) is 2.69. The third-order valence-corrected chi connectivity index (χ3v) is 3.73. The summed E-state index contributed by atoms with van der Waals surface area (Å²) in [5.41, 5.74) is 1.38. The molecular formula is C15H23NO3S. The first-order chi connectivity index (χ1) is 9.71. The van der Waals surface area contributed by atoms with Crippen molar-refractivity contribution in [3.8, 4) is 5.75 Å². The smallest absolute Gasteiger partial charge is 0.234 e. The van der Waals surface area contributed by atoms with Crippen LogP contribution in [0, 0.1) is 0 Å². The van der Waals surface area contributed by atoms with Crippen molar-refractivity contribution in [1.82, 2.24) is 0 Å². The van der Waals surface area contributed by atoms with Crippen molar-refractivity contribution in [2.45, 2.75) is 33.3 Å². The van der Waals surface area contributed by atoms with E-state index in [1.807, 2.05) is 6.92 Å². The number of aliphatic hydroxyl groups excluding tert-OH is 1. The van der Waals surface area contributed by atoms with Gasteiger partial charge in [-0.25, -0.2) is 0 Å². The lowest BCUT2D eigenvalue weighted by Gasteiger charge is -2.11. The van der Waals surface area contributed by atoms with Gasteiger partial charge < -0.3 is 15.2 Å². The van der Waals surface area contributed by atoms with Gasteiger partial charge in [0.25, 0.3) is 0 Å². The SMILES string of the molecule is CCCCSCC(=O)Nc1ccc(OCC)c(CO)c1. The zero-order valence-corrected chi connectivity index (χ0v) is 13.0. The highest BCUT2D eigenvalue weighted by atomic mass is 32.2. The van der Waals surface area contributed by atoms with Crippen LogP contribution in [0.15, 0.2) is 18.2 Å². The maximum absolute atomic E-state index is 11.8. The number of nitrogens with one attached hydrogen (secondary N) is 1. The Hall–Kier alpha value is -1.20. The van der Waals surface area contributed by atoms with Gasteiger partial charge in [0.1, 0.15) is 5.75 Å². The Morgan fingerprint density at radius 2 is 2.20 bits per heavy atom. The number of thioether (sulfide) groups is 1. The number of hydrogen-bond donors (Lipinski definition) is 2. The van der Waals surface area contributed by atoms with Crippen LogP contribution in [0.5, 0.6) is 5.75 Å². The highest BCUT2D eigenvalue weighted by Crippen LogP contribution is 2.23. The van der Waals surface area contributed by atoms with Crippen molar-refractivity contribution < 1.29 is 14.6 Å². The third kappa shape index (κ3) is 5.84. The molecule has 0 bridgehead atoms. The number of ether oxygens (including phenoxy) is 1. The van der Waals surface area contributed by atoms with Crippen LogP contribution in [-0.2, 0) is 11.4 Å². The Morgan fingerprint density at radius 3 is 2.85 bits per heavy atom. The Bertz CT molecular complexity index is 424. The minimum absolute atomic E-state index is 0.0147. The molecule has 0 aliphatic heterocycles. The molecule has 1 amide bonds. The fourth-order valence-electron chi connectivity index (χ4n) is 1.69. The quantitative estimate of drug-likeness (QED) is 0.688. The maximum Gasteiger partial charge on any atom is 0.234 e. The molecule has 0 fully saturated rings. The lowest BCUT2D eigenvalue weighted by Crippen LogP contribution is -2.14. The predicted octanol–water partition coefficient (Wildman–Crippen LogP) is 3.05. The predicted molar refractivity (Wildman–Crippen MR) is 84.4 cm³/mol. The molecule has 1 aromatic rings. The van der Waals surface area contributed by atoms with Crippen LogP contribution >= 0.6 is 11.8 Å². The molecule has 1 rings (SSSR count). The lowest BCUT2D eigenvalue weighted by molar-refractivity contribution is -0.113. The van der Waals surface area contributed by atoms with Crippen molar-refractivity contribution in [3.63, 3.8) is 0 Å². The molecule has 20 heavy (non-hydrogen) atoms. The van der Waals surface area contributed by atoms with Crippen LogP contribution in [0.25, 0.3) is 0 Å². The molecule has 4 nitrogen and oxygen atoms in total. The van der Waals surface area contributed by atoms with Gasteiger partial charge in [-0.3, -0.25) is 4.79 Å². The number of carbonyl (C=O) groups is 1. The summed E-state index contributed by atoms with van der Waals surface area (Å²) in [6.45, 7) is 4.47. The average Bonchev–Trinajstić information content (AvgIpc) is 2.45. The number of anilines is 1. The number of aliphatic hydroxyl groups is 1. The van der Waals surface area contributed by atoms with Crippen LogP contribution < -0.4 is 10.1 Å². The normalized spacial score (nSPS) is 10.3. The summed E-state index contributed by atoms with van der Waals surface area (Å²) in [6.07, 6.45) is 2.28. The van der Waals surface area contributed by atoms with Gasteiger partial charge in [-0.15, -0.1) is 0 Å². The number of unbranched alkanes of at least 4 members (excludes halogenated alkanes) is 1. The van der Waals surface area contributed by atoms with E-state index in [1.165, 1.54) is 0 Å². The second kappa shape index (κ2) is 9.66. The van der Waals surface area contributed by atoms with Crippen molar-refractivity contribution in [3.05, 3.63) is 23.8 Å². The zero-order valence-electron chi connectivity index (χ0n) is 12.1. The summed E-state index contributed by atoms with van der Waals surface area (Å²) in [6, 6.07) is 5.31. The molecule has 0 atom stereocenters. The van der Waals surface area contributed by atoms with Crippen molar-refractivity contribution in [2.24, 2.45) is 0 Å². The summed E-state index contributed by atoms with van der Waals surface area (Å²) in [7, 11) is 0. The Kier molecular flexibility index (Phi) is 8.14. The van der Waals surface area contributed by atoms with Gasteiger partial charge in [-0.2, -0.15) is 11.8 Å². The van der Waals surface area contributed by atoms with Crippen LogP contribution in [0.1, 0.15) is 32.3 Å². The second-order valence-corrected chi connectivity index (χ2v) is 5.47. The van der Waals surface area contributed by atoms with E-state index in [0.717, 1.165) is 18.6 Å². The summed E-state index contributed by atoms with van der Waals surface area (Å²) in [5.74, 6) is 2.11. The number of hydrogen-bond acceptors (Lipinski definition) is 4. The van der Waals surface area contributed by atoms with E-state index in [1.54, 1.807) is 30.0 Å². The van der Waals surface area contributed by atoms with Gasteiger partial charge in [-0.05, 0) is 37.3 Å². The van der Waals surface area contributed by atoms with E-state index >= 15 is 0 Å². The molecule has 0 saturated carbocycles. The molecule has 0 unspecified atom stereocenters. The average molecular weight is 297 g/mol. The van der Waals surface area contributed by atoms with E-state index in [0.29, 0.717) is 29.4 Å². The summed E-state index contributed by atoms with van der Waals surface area (Å²) in [5, 5.41) is 12.1. The molecule has 0 aromatic heterocycles. The molecule has 0 heterocycles.